The van der Waals surface area contributed by atoms with Crippen molar-refractivity contribution in [3.63, 3.8) is 0 Å². The molecule has 0 aromatic heterocycles. The van der Waals surface area contributed by atoms with E-state index in [9.17, 15) is 19.2 Å². The van der Waals surface area contributed by atoms with Crippen molar-refractivity contribution in [1.82, 2.24) is 0 Å². The second-order valence-electron chi connectivity index (χ2n) is 8.59. The highest BCUT2D eigenvalue weighted by molar-refractivity contribution is 5.77. The smallest absolute Gasteiger partial charge is 0.458 e. The van der Waals surface area contributed by atoms with Gasteiger partial charge >= 0.3 is 24.1 Å². The van der Waals surface area contributed by atoms with Crippen molar-refractivity contribution < 1.29 is 42.9 Å². The molecule has 10 nitrogen and oxygen atoms in total. The first kappa shape index (κ1) is 30.9. The minimum absolute atomic E-state index is 0.0678. The molecule has 4 atom stereocenters. The van der Waals surface area contributed by atoms with Crippen LogP contribution >= 0.6 is 0 Å². The molecule has 36 heavy (non-hydrogen) atoms. The lowest BCUT2D eigenvalue weighted by atomic mass is 10.1. The van der Waals surface area contributed by atoms with Gasteiger partial charge < -0.3 is 29.4 Å². The number of hydrogen-bond acceptors (Lipinski definition) is 10. The van der Waals surface area contributed by atoms with E-state index in [1.165, 1.54) is 12.1 Å². The zero-order valence-corrected chi connectivity index (χ0v) is 22.0. The first-order chi connectivity index (χ1) is 17.0. The van der Waals surface area contributed by atoms with Crippen LogP contribution in [-0.2, 0) is 35.0 Å². The van der Waals surface area contributed by atoms with Crippen LogP contribution in [-0.4, -0.2) is 48.4 Å². The van der Waals surface area contributed by atoms with Gasteiger partial charge in [-0.2, -0.15) is 0 Å². The molecule has 0 fully saturated rings. The molecule has 1 aromatic carbocycles. The topological polar surface area (TPSA) is 140 Å². The Kier molecular flexibility index (Phi) is 13.5. The van der Waals surface area contributed by atoms with Gasteiger partial charge in [-0.05, 0) is 64.2 Å². The van der Waals surface area contributed by atoms with Crippen LogP contribution in [0.2, 0.25) is 0 Å². The maximum atomic E-state index is 12.5. The van der Waals surface area contributed by atoms with Crippen LogP contribution in [0.3, 0.4) is 0 Å². The fraction of sp³-hybridized carbons (Fsp3) is 0.615. The quantitative estimate of drug-likeness (QED) is 0.286. The number of rotatable bonds is 14. The third kappa shape index (κ3) is 11.1. The number of nitrogens with two attached hydrogens (primary N) is 1. The average molecular weight is 510 g/mol. The molecule has 0 heterocycles. The van der Waals surface area contributed by atoms with Gasteiger partial charge in [-0.3, -0.25) is 14.4 Å². The summed E-state index contributed by atoms with van der Waals surface area (Å²) < 4.78 is 26.3. The zero-order chi connectivity index (χ0) is 27.3. The summed E-state index contributed by atoms with van der Waals surface area (Å²) in [7, 11) is 0. The van der Waals surface area contributed by atoms with Crippen molar-refractivity contribution in [2.75, 3.05) is 0 Å². The third-order valence-electron chi connectivity index (χ3n) is 5.24. The fourth-order valence-electron chi connectivity index (χ4n) is 2.83. The Balaban J connectivity index is 2.83. The third-order valence-corrected chi connectivity index (χ3v) is 5.24. The number of benzene rings is 1. The van der Waals surface area contributed by atoms with Crippen LogP contribution in [0.5, 0.6) is 11.5 Å². The van der Waals surface area contributed by atoms with Crippen LogP contribution in [0.15, 0.2) is 18.2 Å². The molecule has 0 saturated carbocycles. The lowest BCUT2D eigenvalue weighted by Crippen LogP contribution is -2.39. The minimum Gasteiger partial charge on any atom is -0.458 e. The number of ether oxygens (including phenoxy) is 5. The van der Waals surface area contributed by atoms with E-state index in [2.05, 4.69) is 0 Å². The molecule has 0 aliphatic heterocycles. The molecule has 1 unspecified atom stereocenters. The van der Waals surface area contributed by atoms with Crippen molar-refractivity contribution in [2.24, 2.45) is 5.73 Å². The lowest BCUT2D eigenvalue weighted by Gasteiger charge is -2.23. The molecule has 0 amide bonds. The SMILES string of the molecule is CCCC(=O)Oc1ccc(C[C@H](N)C(=O)O[C@@H](C)[C@H](C)OC(=O)OC(C)CC)cc1OC(=O)CCC. The molecule has 1 rings (SSSR count). The van der Waals surface area contributed by atoms with Crippen LogP contribution < -0.4 is 15.2 Å². The van der Waals surface area contributed by atoms with Crippen LogP contribution in [0.4, 0.5) is 4.79 Å². The van der Waals surface area contributed by atoms with Gasteiger partial charge in [0.2, 0.25) is 0 Å². The number of esters is 3. The molecular formula is C26H39NO9. The molecule has 0 aliphatic carbocycles. The summed E-state index contributed by atoms with van der Waals surface area (Å²) in [4.78, 5) is 48.3. The summed E-state index contributed by atoms with van der Waals surface area (Å²) >= 11 is 0. The summed E-state index contributed by atoms with van der Waals surface area (Å²) in [5.74, 6) is -1.43. The number of carbonyl (C=O) groups is 4. The highest BCUT2D eigenvalue weighted by Crippen LogP contribution is 2.30. The predicted molar refractivity (Wildman–Crippen MR) is 132 cm³/mol. The van der Waals surface area contributed by atoms with Crippen molar-refractivity contribution in [3.8, 4) is 11.5 Å². The second-order valence-corrected chi connectivity index (χ2v) is 8.59. The first-order valence-electron chi connectivity index (χ1n) is 12.4. The van der Waals surface area contributed by atoms with E-state index >= 15 is 0 Å². The Labute approximate surface area is 212 Å². The van der Waals surface area contributed by atoms with Crippen LogP contribution in [0, 0.1) is 0 Å². The maximum absolute atomic E-state index is 12.5. The van der Waals surface area contributed by atoms with Crippen LogP contribution in [0.25, 0.3) is 0 Å². The first-order valence-corrected chi connectivity index (χ1v) is 12.4. The van der Waals surface area contributed by atoms with Gasteiger partial charge in [0.15, 0.2) is 11.5 Å². The fourth-order valence-corrected chi connectivity index (χ4v) is 2.83. The van der Waals surface area contributed by atoms with Crippen molar-refractivity contribution >= 4 is 24.1 Å². The monoisotopic (exact) mass is 509 g/mol. The van der Waals surface area contributed by atoms with E-state index < -0.39 is 42.3 Å². The molecular weight excluding hydrogens is 470 g/mol. The molecule has 0 aliphatic rings. The van der Waals surface area contributed by atoms with E-state index in [1.54, 1.807) is 26.8 Å². The van der Waals surface area contributed by atoms with Gasteiger partial charge in [0.05, 0.1) is 0 Å². The summed E-state index contributed by atoms with van der Waals surface area (Å²) in [6.07, 6.45) is -0.313. The Bertz CT molecular complexity index is 886. The summed E-state index contributed by atoms with van der Waals surface area (Å²) in [5, 5.41) is 0. The largest absolute Gasteiger partial charge is 0.508 e. The van der Waals surface area contributed by atoms with Gasteiger partial charge in [0, 0.05) is 12.8 Å². The van der Waals surface area contributed by atoms with Crippen molar-refractivity contribution in [1.29, 1.82) is 0 Å². The average Bonchev–Trinajstić information content (AvgIpc) is 2.80. The number of carbonyl (C=O) groups excluding carboxylic acids is 4. The highest BCUT2D eigenvalue weighted by atomic mass is 16.7. The number of hydrogen-bond donors (Lipinski definition) is 1. The predicted octanol–water partition coefficient (Wildman–Crippen LogP) is 4.24. The van der Waals surface area contributed by atoms with Crippen molar-refractivity contribution in [2.45, 2.75) is 104 Å². The van der Waals surface area contributed by atoms with E-state index in [4.69, 9.17) is 29.4 Å². The highest BCUT2D eigenvalue weighted by Gasteiger charge is 2.25. The van der Waals surface area contributed by atoms with Crippen LogP contribution in [0.1, 0.15) is 79.2 Å². The molecule has 0 saturated heterocycles. The van der Waals surface area contributed by atoms with Gasteiger partial charge in [-0.1, -0.05) is 26.8 Å². The molecule has 0 bridgehead atoms. The van der Waals surface area contributed by atoms with Gasteiger partial charge in [0.25, 0.3) is 0 Å². The maximum Gasteiger partial charge on any atom is 0.508 e. The standard InChI is InChI=1S/C26H39NO9/c1-7-10-23(28)35-21-13-12-19(15-22(21)36-24(29)11-8-2)14-20(27)25(30)33-17(5)18(6)34-26(31)32-16(4)9-3/h12-13,15-18,20H,7-11,14,27H2,1-6H3/t16?,17-,18-,20-/m0/s1. The Morgan fingerprint density at radius 2 is 1.36 bits per heavy atom. The normalized spacial score (nSPS) is 14.1. The molecule has 10 heteroatoms. The van der Waals surface area contributed by atoms with E-state index in [0.717, 1.165) is 0 Å². The minimum atomic E-state index is -1.04. The molecule has 0 spiro atoms. The molecule has 2 N–H and O–H groups in total. The Hall–Kier alpha value is -3.14. The van der Waals surface area contributed by atoms with Gasteiger partial charge in [0.1, 0.15) is 24.4 Å². The second kappa shape index (κ2) is 15.8. The van der Waals surface area contributed by atoms with Gasteiger partial charge in [-0.15, -0.1) is 0 Å². The summed E-state index contributed by atoms with van der Waals surface area (Å²) in [5.41, 5.74) is 6.61. The Morgan fingerprint density at radius 3 is 1.92 bits per heavy atom. The van der Waals surface area contributed by atoms with Gasteiger partial charge in [-0.25, -0.2) is 4.79 Å². The van der Waals surface area contributed by atoms with E-state index in [1.807, 2.05) is 20.8 Å². The Morgan fingerprint density at radius 1 is 0.806 bits per heavy atom. The molecule has 202 valence electrons. The van der Waals surface area contributed by atoms with E-state index in [0.29, 0.717) is 24.8 Å². The lowest BCUT2D eigenvalue weighted by molar-refractivity contribution is -0.155. The molecule has 1 aromatic rings. The summed E-state index contributed by atoms with van der Waals surface area (Å²) in [6, 6.07) is 3.59. The van der Waals surface area contributed by atoms with Crippen molar-refractivity contribution in [3.05, 3.63) is 23.8 Å². The molecule has 0 radical (unpaired) electrons. The summed E-state index contributed by atoms with van der Waals surface area (Å²) in [6.45, 7) is 10.5. The van der Waals surface area contributed by atoms with E-state index in [-0.39, 0.29) is 36.9 Å². The zero-order valence-electron chi connectivity index (χ0n) is 22.0.